The lowest BCUT2D eigenvalue weighted by Gasteiger charge is -2.14. The summed E-state index contributed by atoms with van der Waals surface area (Å²) in [6.07, 6.45) is -2.69. The van der Waals surface area contributed by atoms with Crippen molar-refractivity contribution >= 4 is 21.9 Å². The Hall–Kier alpha value is -4.07. The molecular weight excluding hydrogens is 443 g/mol. The number of halogens is 3. The molecule has 0 radical (unpaired) electrons. The molecule has 0 N–H and O–H groups in total. The lowest BCUT2D eigenvalue weighted by Crippen LogP contribution is -2.04. The van der Waals surface area contributed by atoms with Crippen LogP contribution in [-0.2, 0) is 6.18 Å². The Kier molecular flexibility index (Phi) is 5.16. The van der Waals surface area contributed by atoms with Gasteiger partial charge in [0.05, 0.1) is 37.0 Å². The van der Waals surface area contributed by atoms with Crippen molar-refractivity contribution in [3.63, 3.8) is 0 Å². The molecule has 0 aliphatic heterocycles. The van der Waals surface area contributed by atoms with E-state index in [9.17, 15) is 13.2 Å². The summed E-state index contributed by atoms with van der Waals surface area (Å²) in [7, 11) is 3.15. The zero-order chi connectivity index (χ0) is 24.0. The quantitative estimate of drug-likeness (QED) is 0.302. The SMILES string of the molecule is COc1ccc(-n2c(C)nc3cnc4cc(-c5ccc(C(F)(F)F)cc5)c(OC)cc4c32)cc1. The molecule has 0 unspecified atom stereocenters. The zero-order valence-electron chi connectivity index (χ0n) is 18.6. The van der Waals surface area contributed by atoms with Crippen LogP contribution in [-0.4, -0.2) is 28.8 Å². The van der Waals surface area contributed by atoms with E-state index in [2.05, 4.69) is 9.97 Å². The van der Waals surface area contributed by atoms with Crippen molar-refractivity contribution in [2.24, 2.45) is 0 Å². The highest BCUT2D eigenvalue weighted by atomic mass is 19.4. The molecule has 0 aliphatic rings. The van der Waals surface area contributed by atoms with Gasteiger partial charge < -0.3 is 9.47 Å². The molecule has 0 saturated carbocycles. The number of fused-ring (bicyclic) bond motifs is 3. The van der Waals surface area contributed by atoms with Crippen molar-refractivity contribution in [3.05, 3.63) is 78.2 Å². The first kappa shape index (κ1) is 21.8. The lowest BCUT2D eigenvalue weighted by atomic mass is 10.0. The first-order valence-electron chi connectivity index (χ1n) is 10.5. The van der Waals surface area contributed by atoms with Gasteiger partial charge >= 0.3 is 6.18 Å². The number of ether oxygens (including phenoxy) is 2. The van der Waals surface area contributed by atoms with Crippen LogP contribution in [0.15, 0.2) is 66.9 Å². The molecule has 172 valence electrons. The summed E-state index contributed by atoms with van der Waals surface area (Å²) < 4.78 is 51.9. The van der Waals surface area contributed by atoms with Crippen LogP contribution in [0.2, 0.25) is 0 Å². The van der Waals surface area contributed by atoms with Crippen LogP contribution in [0.4, 0.5) is 13.2 Å². The van der Waals surface area contributed by atoms with Gasteiger partial charge in [0.2, 0.25) is 0 Å². The van der Waals surface area contributed by atoms with Crippen LogP contribution in [0.25, 0.3) is 38.8 Å². The fourth-order valence-corrected chi connectivity index (χ4v) is 4.18. The second kappa shape index (κ2) is 8.06. The Balaban J connectivity index is 1.71. The molecule has 2 aromatic heterocycles. The molecule has 8 heteroatoms. The van der Waals surface area contributed by atoms with Crippen molar-refractivity contribution in [3.8, 4) is 28.3 Å². The highest BCUT2D eigenvalue weighted by Gasteiger charge is 2.30. The minimum Gasteiger partial charge on any atom is -0.497 e. The third kappa shape index (κ3) is 3.61. The smallest absolute Gasteiger partial charge is 0.416 e. The highest BCUT2D eigenvalue weighted by molar-refractivity contribution is 6.05. The number of imidazole rings is 1. The van der Waals surface area contributed by atoms with Crippen molar-refractivity contribution in [1.29, 1.82) is 0 Å². The number of pyridine rings is 1. The number of methoxy groups -OCH3 is 2. The fraction of sp³-hybridized carbons (Fsp3) is 0.154. The Bertz CT molecular complexity index is 1510. The van der Waals surface area contributed by atoms with Gasteiger partial charge in [-0.25, -0.2) is 4.98 Å². The summed E-state index contributed by atoms with van der Waals surface area (Å²) in [6.45, 7) is 1.92. The number of nitrogens with zero attached hydrogens (tertiary/aromatic N) is 3. The van der Waals surface area contributed by atoms with Crippen molar-refractivity contribution in [1.82, 2.24) is 14.5 Å². The van der Waals surface area contributed by atoms with Crippen LogP contribution in [0, 0.1) is 6.92 Å². The van der Waals surface area contributed by atoms with Crippen LogP contribution in [0.3, 0.4) is 0 Å². The van der Waals surface area contributed by atoms with Crippen LogP contribution < -0.4 is 9.47 Å². The van der Waals surface area contributed by atoms with Gasteiger partial charge in [-0.1, -0.05) is 12.1 Å². The topological polar surface area (TPSA) is 49.2 Å². The minimum absolute atomic E-state index is 0.529. The maximum absolute atomic E-state index is 13.0. The molecule has 0 amide bonds. The lowest BCUT2D eigenvalue weighted by molar-refractivity contribution is -0.137. The Morgan fingerprint density at radius 2 is 1.56 bits per heavy atom. The highest BCUT2D eigenvalue weighted by Crippen LogP contribution is 2.38. The third-order valence-corrected chi connectivity index (χ3v) is 5.82. The molecule has 5 aromatic rings. The molecule has 5 rings (SSSR count). The molecule has 2 heterocycles. The second-order valence-electron chi connectivity index (χ2n) is 7.83. The van der Waals surface area contributed by atoms with E-state index in [0.29, 0.717) is 22.4 Å². The number of alkyl halides is 3. The van der Waals surface area contributed by atoms with Crippen molar-refractivity contribution < 1.29 is 22.6 Å². The first-order valence-corrected chi connectivity index (χ1v) is 10.5. The van der Waals surface area contributed by atoms with E-state index >= 15 is 0 Å². The van der Waals surface area contributed by atoms with Crippen molar-refractivity contribution in [2.45, 2.75) is 13.1 Å². The van der Waals surface area contributed by atoms with Gasteiger partial charge in [-0.05, 0) is 61.0 Å². The number of hydrogen-bond acceptors (Lipinski definition) is 4. The summed E-state index contributed by atoms with van der Waals surface area (Å²) >= 11 is 0. The molecule has 3 aromatic carbocycles. The molecule has 5 nitrogen and oxygen atoms in total. The molecule has 0 atom stereocenters. The zero-order valence-corrected chi connectivity index (χ0v) is 18.6. The fourth-order valence-electron chi connectivity index (χ4n) is 4.18. The van der Waals surface area contributed by atoms with Gasteiger partial charge in [-0.2, -0.15) is 13.2 Å². The predicted molar refractivity (Wildman–Crippen MR) is 125 cm³/mol. The summed E-state index contributed by atoms with van der Waals surface area (Å²) in [5.41, 5.74) is 3.75. The maximum Gasteiger partial charge on any atom is 0.416 e. The maximum atomic E-state index is 13.0. The van der Waals surface area contributed by atoms with Gasteiger partial charge in [0, 0.05) is 16.6 Å². The molecule has 34 heavy (non-hydrogen) atoms. The van der Waals surface area contributed by atoms with E-state index in [0.717, 1.165) is 45.8 Å². The van der Waals surface area contributed by atoms with Gasteiger partial charge in [0.15, 0.2) is 0 Å². The summed E-state index contributed by atoms with van der Waals surface area (Å²) in [4.78, 5) is 9.24. The molecule has 0 spiro atoms. The number of aryl methyl sites for hydroxylation is 1. The molecule has 0 bridgehead atoms. The monoisotopic (exact) mass is 463 g/mol. The van der Waals surface area contributed by atoms with Gasteiger partial charge in [-0.15, -0.1) is 0 Å². The molecule has 0 aliphatic carbocycles. The van der Waals surface area contributed by atoms with Crippen LogP contribution in [0.1, 0.15) is 11.4 Å². The van der Waals surface area contributed by atoms with E-state index in [1.807, 2.05) is 47.9 Å². The Morgan fingerprint density at radius 3 is 2.18 bits per heavy atom. The number of aromatic nitrogens is 3. The summed E-state index contributed by atoms with van der Waals surface area (Å²) in [5.74, 6) is 2.07. The molecule has 0 fully saturated rings. The van der Waals surface area contributed by atoms with Crippen molar-refractivity contribution in [2.75, 3.05) is 14.2 Å². The van der Waals surface area contributed by atoms with E-state index in [1.54, 1.807) is 13.3 Å². The van der Waals surface area contributed by atoms with Gasteiger partial charge in [0.1, 0.15) is 22.8 Å². The molecular formula is C26H20F3N3O2. The Labute approximate surface area is 193 Å². The predicted octanol–water partition coefficient (Wildman–Crippen LogP) is 6.59. The van der Waals surface area contributed by atoms with E-state index in [1.165, 1.54) is 19.2 Å². The Morgan fingerprint density at radius 1 is 0.853 bits per heavy atom. The van der Waals surface area contributed by atoms with Gasteiger partial charge in [0.25, 0.3) is 0 Å². The summed E-state index contributed by atoms with van der Waals surface area (Å²) in [5, 5.41) is 0.821. The van der Waals surface area contributed by atoms with E-state index < -0.39 is 11.7 Å². The first-order chi connectivity index (χ1) is 16.3. The average molecular weight is 463 g/mol. The number of hydrogen-bond donors (Lipinski definition) is 0. The molecule has 0 saturated heterocycles. The largest absolute Gasteiger partial charge is 0.497 e. The van der Waals surface area contributed by atoms with Crippen LogP contribution in [0.5, 0.6) is 11.5 Å². The van der Waals surface area contributed by atoms with Gasteiger partial charge in [-0.3, -0.25) is 9.55 Å². The summed E-state index contributed by atoms with van der Waals surface area (Å²) in [6, 6.07) is 16.4. The average Bonchev–Trinajstić information content (AvgIpc) is 3.19. The second-order valence-corrected chi connectivity index (χ2v) is 7.83. The third-order valence-electron chi connectivity index (χ3n) is 5.82. The normalized spacial score (nSPS) is 11.8. The van der Waals surface area contributed by atoms with E-state index in [-0.39, 0.29) is 0 Å². The van der Waals surface area contributed by atoms with Crippen LogP contribution >= 0.6 is 0 Å². The standard InChI is InChI=1S/C26H20F3N3O2/c1-15-31-23-14-30-22-12-20(16-4-6-17(7-5-16)26(27,28)29)24(34-3)13-21(22)25(23)32(15)18-8-10-19(33-2)11-9-18/h4-14H,1-3H3. The van der Waals surface area contributed by atoms with E-state index in [4.69, 9.17) is 9.47 Å². The number of rotatable bonds is 4. The minimum atomic E-state index is -4.39. The number of benzene rings is 3.